The summed E-state index contributed by atoms with van der Waals surface area (Å²) in [5.74, 6) is -0.140. The van der Waals surface area contributed by atoms with Gasteiger partial charge < -0.3 is 24.3 Å². The molecule has 0 atom stereocenters. The maximum absolute atomic E-state index is 12.2. The summed E-state index contributed by atoms with van der Waals surface area (Å²) in [6.07, 6.45) is 0.329. The van der Waals surface area contributed by atoms with E-state index in [4.69, 9.17) is 19.0 Å². The summed E-state index contributed by atoms with van der Waals surface area (Å²) < 4.78 is 16.2. The van der Waals surface area contributed by atoms with Crippen LogP contribution < -0.4 is 20.4 Å². The van der Waals surface area contributed by atoms with Crippen LogP contribution in [0.25, 0.3) is 22.1 Å². The van der Waals surface area contributed by atoms with Crippen LogP contribution in [-0.4, -0.2) is 37.2 Å². The molecule has 0 spiro atoms. The number of methoxy groups -OCH3 is 1. The molecule has 0 saturated heterocycles. The number of rotatable bonds is 9. The van der Waals surface area contributed by atoms with Crippen molar-refractivity contribution in [1.82, 2.24) is 5.32 Å². The van der Waals surface area contributed by atoms with Gasteiger partial charge in [-0.3, -0.25) is 9.59 Å². The van der Waals surface area contributed by atoms with Crippen molar-refractivity contribution in [2.24, 2.45) is 0 Å². The number of carbonyl (C=O) groups excluding carboxylic acids is 1. The summed E-state index contributed by atoms with van der Waals surface area (Å²) in [6.45, 7) is 1.77. The van der Waals surface area contributed by atoms with E-state index in [-0.39, 0.29) is 25.5 Å². The number of nitrogens with one attached hydrogen (secondary N) is 1. The molecule has 8 heteroatoms. The van der Waals surface area contributed by atoms with Crippen LogP contribution in [0, 0.1) is 6.92 Å². The molecule has 0 unspecified atom stereocenters. The van der Waals surface area contributed by atoms with Crippen molar-refractivity contribution in [2.75, 3.05) is 20.3 Å². The van der Waals surface area contributed by atoms with E-state index in [2.05, 4.69) is 5.32 Å². The molecule has 2 aromatic carbocycles. The van der Waals surface area contributed by atoms with Crippen molar-refractivity contribution in [3.8, 4) is 22.6 Å². The van der Waals surface area contributed by atoms with Crippen LogP contribution >= 0.6 is 0 Å². The minimum atomic E-state index is -0.909. The van der Waals surface area contributed by atoms with Gasteiger partial charge in [-0.25, -0.2) is 4.79 Å². The van der Waals surface area contributed by atoms with Crippen LogP contribution in [0.3, 0.4) is 0 Å². The van der Waals surface area contributed by atoms with Gasteiger partial charge in [0.2, 0.25) is 0 Å². The maximum Gasteiger partial charge on any atom is 0.336 e. The fraction of sp³-hybridized carbons (Fsp3) is 0.261. The second-order valence-corrected chi connectivity index (χ2v) is 6.91. The molecule has 31 heavy (non-hydrogen) atoms. The molecule has 162 valence electrons. The van der Waals surface area contributed by atoms with Gasteiger partial charge in [0.1, 0.15) is 17.1 Å². The Bertz CT molecular complexity index is 1150. The third-order valence-electron chi connectivity index (χ3n) is 4.76. The molecule has 0 saturated carbocycles. The van der Waals surface area contributed by atoms with Gasteiger partial charge in [-0.1, -0.05) is 12.1 Å². The lowest BCUT2D eigenvalue weighted by Crippen LogP contribution is -2.30. The SMILES string of the molecule is COc1ccc(-c2cc(=O)oc3c(C)c(OCC(=O)NCCCC(=O)O)ccc23)cc1. The highest BCUT2D eigenvalue weighted by molar-refractivity contribution is 5.95. The van der Waals surface area contributed by atoms with Crippen LogP contribution in [0.15, 0.2) is 51.7 Å². The minimum absolute atomic E-state index is 0.0134. The Morgan fingerprint density at radius 1 is 1.13 bits per heavy atom. The van der Waals surface area contributed by atoms with Gasteiger partial charge in [0.05, 0.1) is 7.11 Å². The fourth-order valence-corrected chi connectivity index (χ4v) is 3.17. The molecule has 0 bridgehead atoms. The molecule has 1 amide bonds. The van der Waals surface area contributed by atoms with E-state index in [1.807, 2.05) is 24.3 Å². The van der Waals surface area contributed by atoms with Gasteiger partial charge in [-0.15, -0.1) is 0 Å². The molecule has 0 aliphatic rings. The lowest BCUT2D eigenvalue weighted by molar-refractivity contribution is -0.137. The maximum atomic E-state index is 12.2. The Labute approximate surface area is 178 Å². The third-order valence-corrected chi connectivity index (χ3v) is 4.76. The van der Waals surface area contributed by atoms with Gasteiger partial charge in [-0.2, -0.15) is 0 Å². The van der Waals surface area contributed by atoms with Crippen molar-refractivity contribution in [2.45, 2.75) is 19.8 Å². The first-order chi connectivity index (χ1) is 14.9. The van der Waals surface area contributed by atoms with Gasteiger partial charge in [-0.05, 0) is 48.7 Å². The quantitative estimate of drug-likeness (QED) is 0.400. The molecule has 0 aliphatic carbocycles. The highest BCUT2D eigenvalue weighted by Gasteiger charge is 2.14. The smallest absolute Gasteiger partial charge is 0.336 e. The number of aryl methyl sites for hydroxylation is 1. The van der Waals surface area contributed by atoms with Gasteiger partial charge in [0.15, 0.2) is 6.61 Å². The highest BCUT2D eigenvalue weighted by Crippen LogP contribution is 2.33. The second kappa shape index (κ2) is 9.80. The van der Waals surface area contributed by atoms with Crippen molar-refractivity contribution in [3.05, 3.63) is 58.4 Å². The number of carboxylic acid groups (broad SMARTS) is 1. The normalized spacial score (nSPS) is 10.6. The number of fused-ring (bicyclic) bond motifs is 1. The first-order valence-corrected chi connectivity index (χ1v) is 9.72. The molecule has 0 aliphatic heterocycles. The van der Waals surface area contributed by atoms with E-state index in [0.29, 0.717) is 29.1 Å². The lowest BCUT2D eigenvalue weighted by atomic mass is 10.00. The summed E-state index contributed by atoms with van der Waals surface area (Å²) >= 11 is 0. The van der Waals surface area contributed by atoms with Crippen molar-refractivity contribution < 1.29 is 28.6 Å². The lowest BCUT2D eigenvalue weighted by Gasteiger charge is -2.13. The van der Waals surface area contributed by atoms with Crippen LogP contribution in [-0.2, 0) is 9.59 Å². The van der Waals surface area contributed by atoms with Crippen molar-refractivity contribution >= 4 is 22.8 Å². The van der Waals surface area contributed by atoms with Crippen LogP contribution in [0.1, 0.15) is 18.4 Å². The molecular formula is C23H23NO7. The number of aliphatic carboxylic acids is 1. The Hall–Kier alpha value is -3.81. The highest BCUT2D eigenvalue weighted by atomic mass is 16.5. The minimum Gasteiger partial charge on any atom is -0.497 e. The number of amides is 1. The molecule has 0 fully saturated rings. The summed E-state index contributed by atoms with van der Waals surface area (Å²) in [4.78, 5) is 34.6. The van der Waals surface area contributed by atoms with E-state index in [0.717, 1.165) is 16.5 Å². The third kappa shape index (κ3) is 5.42. The van der Waals surface area contributed by atoms with Crippen molar-refractivity contribution in [1.29, 1.82) is 0 Å². The first kappa shape index (κ1) is 21.9. The van der Waals surface area contributed by atoms with Crippen LogP contribution in [0.2, 0.25) is 0 Å². The Morgan fingerprint density at radius 2 is 1.87 bits per heavy atom. The topological polar surface area (TPSA) is 115 Å². The summed E-state index contributed by atoms with van der Waals surface area (Å²) in [7, 11) is 1.59. The predicted molar refractivity (Wildman–Crippen MR) is 115 cm³/mol. The average Bonchev–Trinajstić information content (AvgIpc) is 2.76. The largest absolute Gasteiger partial charge is 0.497 e. The monoisotopic (exact) mass is 425 g/mol. The molecule has 0 radical (unpaired) electrons. The molecule has 2 N–H and O–H groups in total. The Balaban J connectivity index is 1.79. The van der Waals surface area contributed by atoms with E-state index in [9.17, 15) is 14.4 Å². The zero-order valence-corrected chi connectivity index (χ0v) is 17.3. The fourth-order valence-electron chi connectivity index (χ4n) is 3.17. The predicted octanol–water partition coefficient (Wildman–Crippen LogP) is 3.14. The zero-order valence-electron chi connectivity index (χ0n) is 17.3. The van der Waals surface area contributed by atoms with Crippen LogP contribution in [0.5, 0.6) is 11.5 Å². The van der Waals surface area contributed by atoms with E-state index < -0.39 is 11.6 Å². The Morgan fingerprint density at radius 3 is 2.55 bits per heavy atom. The van der Waals surface area contributed by atoms with Crippen LogP contribution in [0.4, 0.5) is 0 Å². The van der Waals surface area contributed by atoms with Gasteiger partial charge in [0.25, 0.3) is 5.91 Å². The number of carboxylic acids is 1. The molecule has 3 rings (SSSR count). The number of hydrogen-bond acceptors (Lipinski definition) is 6. The first-order valence-electron chi connectivity index (χ1n) is 9.72. The van der Waals surface area contributed by atoms with Gasteiger partial charge in [0, 0.05) is 30.0 Å². The molecule has 1 aromatic heterocycles. The second-order valence-electron chi connectivity index (χ2n) is 6.91. The standard InChI is InChI=1S/C23H23NO7/c1-14-19(30-13-20(25)24-11-3-4-21(26)27)10-9-17-18(12-22(28)31-23(14)17)15-5-7-16(29-2)8-6-15/h5-10,12H,3-4,11,13H2,1-2H3,(H,24,25)(H,26,27). The molecule has 1 heterocycles. The zero-order chi connectivity index (χ0) is 22.4. The van der Waals surface area contributed by atoms with Crippen molar-refractivity contribution in [3.63, 3.8) is 0 Å². The number of carbonyl (C=O) groups is 2. The number of hydrogen-bond donors (Lipinski definition) is 2. The molecule has 8 nitrogen and oxygen atoms in total. The summed E-state index contributed by atoms with van der Waals surface area (Å²) in [6, 6.07) is 12.3. The van der Waals surface area contributed by atoms with Gasteiger partial charge >= 0.3 is 11.6 Å². The summed E-state index contributed by atoms with van der Waals surface area (Å²) in [5.41, 5.74) is 2.06. The van der Waals surface area contributed by atoms with E-state index >= 15 is 0 Å². The molecular weight excluding hydrogens is 402 g/mol. The van der Waals surface area contributed by atoms with E-state index in [1.165, 1.54) is 6.07 Å². The number of ether oxygens (including phenoxy) is 2. The Kier molecular flexibility index (Phi) is 6.92. The van der Waals surface area contributed by atoms with E-state index in [1.54, 1.807) is 26.2 Å². The number of benzene rings is 2. The average molecular weight is 425 g/mol. The summed E-state index contributed by atoms with van der Waals surface area (Å²) in [5, 5.41) is 12.0. The molecule has 3 aromatic rings.